The molecule has 0 aliphatic carbocycles. The highest BCUT2D eigenvalue weighted by Gasteiger charge is 2.28. The third kappa shape index (κ3) is 4.22. The van der Waals surface area contributed by atoms with Crippen LogP contribution in [0.2, 0.25) is 10.0 Å². The maximum absolute atomic E-state index is 13.8. The van der Waals surface area contributed by atoms with Crippen molar-refractivity contribution in [3.8, 4) is 0 Å². The molecule has 0 unspecified atom stereocenters. The number of amides is 1. The van der Waals surface area contributed by atoms with Crippen LogP contribution >= 0.6 is 33.9 Å². The van der Waals surface area contributed by atoms with Gasteiger partial charge in [0, 0.05) is 24.3 Å². The molecule has 0 aliphatic heterocycles. The average Bonchev–Trinajstić information content (AvgIpc) is 2.30. The van der Waals surface area contributed by atoms with Gasteiger partial charge in [-0.05, 0) is 12.0 Å². The maximum atomic E-state index is 13.8. The molecular formula is C12H13Cl3FNO3S. The molecule has 1 aromatic carbocycles. The van der Waals surface area contributed by atoms with E-state index in [1.165, 1.54) is 11.9 Å². The number of rotatable bonds is 4. The van der Waals surface area contributed by atoms with Crippen LogP contribution in [0.15, 0.2) is 11.0 Å². The number of halogens is 4. The van der Waals surface area contributed by atoms with Crippen molar-refractivity contribution in [2.45, 2.75) is 18.7 Å². The van der Waals surface area contributed by atoms with Gasteiger partial charge in [0.05, 0.1) is 15.6 Å². The Morgan fingerprint density at radius 3 is 2.29 bits per heavy atom. The standard InChI is InChI=1S/C12H13Cl3FNO3S/c1-6(2)5-17(3)12(18)7-4-8(16)10(14)11(9(7)13)21(15,19)20/h4,6H,5H2,1-3H3. The largest absolute Gasteiger partial charge is 0.341 e. The van der Waals surface area contributed by atoms with Crippen molar-refractivity contribution in [3.05, 3.63) is 27.5 Å². The Morgan fingerprint density at radius 2 is 1.86 bits per heavy atom. The summed E-state index contributed by atoms with van der Waals surface area (Å²) in [7, 11) is 2.30. The van der Waals surface area contributed by atoms with Gasteiger partial charge in [-0.2, -0.15) is 0 Å². The summed E-state index contributed by atoms with van der Waals surface area (Å²) in [5.74, 6) is -1.53. The summed E-state index contributed by atoms with van der Waals surface area (Å²) in [5, 5.41) is -1.23. The summed E-state index contributed by atoms with van der Waals surface area (Å²) >= 11 is 11.5. The number of nitrogens with zero attached hydrogens (tertiary/aromatic N) is 1. The number of hydrogen-bond acceptors (Lipinski definition) is 3. The zero-order valence-electron chi connectivity index (χ0n) is 11.5. The van der Waals surface area contributed by atoms with Crippen molar-refractivity contribution in [2.75, 3.05) is 13.6 Å². The first-order valence-corrected chi connectivity index (χ1v) is 8.91. The summed E-state index contributed by atoms with van der Waals surface area (Å²) in [6.07, 6.45) is 0. The first-order valence-electron chi connectivity index (χ1n) is 5.84. The maximum Gasteiger partial charge on any atom is 0.264 e. The molecule has 0 atom stereocenters. The van der Waals surface area contributed by atoms with Gasteiger partial charge in [0.25, 0.3) is 15.0 Å². The minimum Gasteiger partial charge on any atom is -0.341 e. The second-order valence-corrected chi connectivity index (χ2v) is 8.14. The number of benzene rings is 1. The molecule has 21 heavy (non-hydrogen) atoms. The Kier molecular flexibility index (Phi) is 5.89. The lowest BCUT2D eigenvalue weighted by Gasteiger charge is -2.20. The first-order chi connectivity index (χ1) is 9.46. The van der Waals surface area contributed by atoms with E-state index in [2.05, 4.69) is 0 Å². The molecule has 0 radical (unpaired) electrons. The Morgan fingerprint density at radius 1 is 1.33 bits per heavy atom. The molecule has 1 aromatic rings. The number of carbonyl (C=O) groups is 1. The van der Waals surface area contributed by atoms with E-state index in [4.69, 9.17) is 33.9 Å². The smallest absolute Gasteiger partial charge is 0.264 e. The Hall–Kier alpha value is -0.560. The van der Waals surface area contributed by atoms with Gasteiger partial charge in [-0.3, -0.25) is 4.79 Å². The van der Waals surface area contributed by atoms with Crippen molar-refractivity contribution in [1.82, 2.24) is 4.90 Å². The Labute approximate surface area is 137 Å². The van der Waals surface area contributed by atoms with Crippen LogP contribution in [-0.2, 0) is 9.05 Å². The van der Waals surface area contributed by atoms with Gasteiger partial charge in [0.15, 0.2) is 0 Å². The minimum absolute atomic E-state index is 0.172. The number of hydrogen-bond donors (Lipinski definition) is 0. The molecule has 0 heterocycles. The lowest BCUT2D eigenvalue weighted by molar-refractivity contribution is 0.0778. The topological polar surface area (TPSA) is 54.5 Å². The molecule has 118 valence electrons. The van der Waals surface area contributed by atoms with Gasteiger partial charge in [-0.15, -0.1) is 0 Å². The molecule has 0 N–H and O–H groups in total. The molecule has 4 nitrogen and oxygen atoms in total. The molecule has 0 spiro atoms. The van der Waals surface area contributed by atoms with E-state index in [1.54, 1.807) is 0 Å². The second-order valence-electron chi connectivity index (χ2n) is 4.88. The van der Waals surface area contributed by atoms with E-state index >= 15 is 0 Å². The minimum atomic E-state index is -4.39. The Balaban J connectivity index is 3.46. The van der Waals surface area contributed by atoms with Gasteiger partial charge in [0.1, 0.15) is 10.7 Å². The molecule has 0 saturated carbocycles. The van der Waals surface area contributed by atoms with Crippen molar-refractivity contribution >= 4 is 48.8 Å². The zero-order valence-corrected chi connectivity index (χ0v) is 14.5. The predicted molar refractivity (Wildman–Crippen MR) is 81.3 cm³/mol. The van der Waals surface area contributed by atoms with E-state index in [0.29, 0.717) is 6.54 Å². The third-order valence-corrected chi connectivity index (χ3v) is 4.92. The van der Waals surface area contributed by atoms with Gasteiger partial charge in [0.2, 0.25) is 0 Å². The van der Waals surface area contributed by atoms with Crippen LogP contribution < -0.4 is 0 Å². The van der Waals surface area contributed by atoms with Crippen LogP contribution in [0.3, 0.4) is 0 Å². The van der Waals surface area contributed by atoms with E-state index in [9.17, 15) is 17.6 Å². The summed E-state index contributed by atoms with van der Waals surface area (Å²) in [5.41, 5.74) is -0.305. The van der Waals surface area contributed by atoms with Gasteiger partial charge < -0.3 is 4.90 Å². The molecule has 1 rings (SSSR count). The van der Waals surface area contributed by atoms with Crippen LogP contribution in [0.5, 0.6) is 0 Å². The first kappa shape index (κ1) is 18.5. The second kappa shape index (κ2) is 6.69. The molecule has 1 amide bonds. The molecular weight excluding hydrogens is 364 g/mol. The highest BCUT2D eigenvalue weighted by Crippen LogP contribution is 2.36. The highest BCUT2D eigenvalue weighted by atomic mass is 35.7. The van der Waals surface area contributed by atoms with Crippen LogP contribution in [-0.4, -0.2) is 32.8 Å². The van der Waals surface area contributed by atoms with Crippen LogP contribution in [0.25, 0.3) is 0 Å². The average molecular weight is 377 g/mol. The van der Waals surface area contributed by atoms with E-state index in [0.717, 1.165) is 6.07 Å². The Bertz CT molecular complexity index is 677. The van der Waals surface area contributed by atoms with E-state index < -0.39 is 35.7 Å². The van der Waals surface area contributed by atoms with Crippen molar-refractivity contribution < 1.29 is 17.6 Å². The van der Waals surface area contributed by atoms with Crippen molar-refractivity contribution in [3.63, 3.8) is 0 Å². The van der Waals surface area contributed by atoms with Crippen molar-refractivity contribution in [2.24, 2.45) is 5.92 Å². The summed E-state index contributed by atoms with van der Waals surface area (Å²) < 4.78 is 36.7. The fourth-order valence-corrected chi connectivity index (χ4v) is 4.16. The predicted octanol–water partition coefficient (Wildman–Crippen LogP) is 3.79. The quantitative estimate of drug-likeness (QED) is 0.593. The summed E-state index contributed by atoms with van der Waals surface area (Å²) in [6, 6.07) is 0.801. The van der Waals surface area contributed by atoms with Gasteiger partial charge in [-0.25, -0.2) is 12.8 Å². The van der Waals surface area contributed by atoms with Crippen LogP contribution in [0.4, 0.5) is 4.39 Å². The third-order valence-electron chi connectivity index (χ3n) is 2.58. The normalized spacial score (nSPS) is 11.8. The van der Waals surface area contributed by atoms with E-state index in [1.807, 2.05) is 13.8 Å². The SMILES string of the molecule is CC(C)CN(C)C(=O)c1cc(F)c(Cl)c(S(=O)(=O)Cl)c1Cl. The fraction of sp³-hybridized carbons (Fsp3) is 0.417. The zero-order chi connectivity index (χ0) is 16.5. The molecule has 0 aromatic heterocycles. The monoisotopic (exact) mass is 375 g/mol. The van der Waals surface area contributed by atoms with Crippen LogP contribution in [0, 0.1) is 11.7 Å². The van der Waals surface area contributed by atoms with Gasteiger partial charge >= 0.3 is 0 Å². The lowest BCUT2D eigenvalue weighted by Crippen LogP contribution is -2.30. The molecule has 0 bridgehead atoms. The molecule has 0 saturated heterocycles. The molecule has 0 fully saturated rings. The van der Waals surface area contributed by atoms with E-state index in [-0.39, 0.29) is 11.5 Å². The van der Waals surface area contributed by atoms with Gasteiger partial charge in [-0.1, -0.05) is 37.0 Å². The fourth-order valence-electron chi connectivity index (χ4n) is 1.79. The molecule has 9 heteroatoms. The summed E-state index contributed by atoms with van der Waals surface area (Å²) in [4.78, 5) is 12.7. The number of carbonyl (C=O) groups excluding carboxylic acids is 1. The lowest BCUT2D eigenvalue weighted by atomic mass is 10.1. The highest BCUT2D eigenvalue weighted by molar-refractivity contribution is 8.14. The molecule has 0 aliphatic rings. The summed E-state index contributed by atoms with van der Waals surface area (Å²) in [6.45, 7) is 4.17. The van der Waals surface area contributed by atoms with Crippen molar-refractivity contribution in [1.29, 1.82) is 0 Å². The van der Waals surface area contributed by atoms with Crippen LogP contribution in [0.1, 0.15) is 24.2 Å².